The summed E-state index contributed by atoms with van der Waals surface area (Å²) in [5.74, 6) is -2.20. The molecule has 1 aliphatic carbocycles. The smallest absolute Gasteiger partial charge is 0.326 e. The number of piperidine rings is 1. The monoisotopic (exact) mass is 408 g/mol. The normalized spacial score (nSPS) is 27.8. The van der Waals surface area contributed by atoms with Crippen LogP contribution in [-0.2, 0) is 23.9 Å². The molecule has 2 aliphatic heterocycles. The number of nitrogens with one attached hydrogen (secondary N) is 1. The molecule has 0 aromatic heterocycles. The highest BCUT2D eigenvalue weighted by atomic mass is 16.5. The van der Waals surface area contributed by atoms with Crippen LogP contribution in [0.15, 0.2) is 0 Å². The average Bonchev–Trinajstić information content (AvgIpc) is 2.93. The Kier molecular flexibility index (Phi) is 6.09. The highest BCUT2D eigenvalue weighted by molar-refractivity contribution is 6.09. The number of carbonyl (C=O) groups excluding carboxylic acids is 5. The van der Waals surface area contributed by atoms with Crippen LogP contribution in [0.3, 0.4) is 0 Å². The Balaban J connectivity index is 1.48. The highest BCUT2D eigenvalue weighted by Gasteiger charge is 2.55. The third kappa shape index (κ3) is 4.20. The Bertz CT molecular complexity index is 717. The van der Waals surface area contributed by atoms with Gasteiger partial charge in [0.1, 0.15) is 12.1 Å². The van der Waals surface area contributed by atoms with Crippen LogP contribution in [0.4, 0.5) is 4.79 Å². The Morgan fingerprint density at radius 2 is 1.86 bits per heavy atom. The van der Waals surface area contributed by atoms with Crippen LogP contribution >= 0.6 is 0 Å². The zero-order chi connectivity index (χ0) is 21.2. The van der Waals surface area contributed by atoms with Crippen molar-refractivity contribution in [3.05, 3.63) is 0 Å². The number of hydrogen-bond donors (Lipinski definition) is 2. The predicted molar refractivity (Wildman–Crippen MR) is 100 cm³/mol. The van der Waals surface area contributed by atoms with Crippen molar-refractivity contribution < 1.29 is 28.7 Å². The van der Waals surface area contributed by atoms with E-state index in [4.69, 9.17) is 10.5 Å². The van der Waals surface area contributed by atoms with Crippen molar-refractivity contribution >= 4 is 29.7 Å². The maximum Gasteiger partial charge on any atom is 0.326 e. The van der Waals surface area contributed by atoms with Gasteiger partial charge in [0.05, 0.1) is 0 Å². The molecule has 10 nitrogen and oxygen atoms in total. The summed E-state index contributed by atoms with van der Waals surface area (Å²) in [6.45, 7) is 1.69. The number of esters is 1. The second-order valence-electron chi connectivity index (χ2n) is 8.16. The van der Waals surface area contributed by atoms with Gasteiger partial charge >= 0.3 is 12.0 Å². The first kappa shape index (κ1) is 21.1. The van der Waals surface area contributed by atoms with E-state index >= 15 is 0 Å². The van der Waals surface area contributed by atoms with Crippen LogP contribution in [0.2, 0.25) is 0 Å². The Hall–Kier alpha value is -2.65. The molecule has 0 bridgehead atoms. The Labute approximate surface area is 169 Å². The summed E-state index contributed by atoms with van der Waals surface area (Å²) in [6, 6.07) is -0.597. The number of likely N-dealkylation sites (tertiary alicyclic amines) is 1. The van der Waals surface area contributed by atoms with E-state index in [0.29, 0.717) is 32.4 Å². The van der Waals surface area contributed by atoms with Gasteiger partial charge in [0.25, 0.3) is 11.8 Å². The molecule has 1 saturated carbocycles. The lowest BCUT2D eigenvalue weighted by molar-refractivity contribution is -0.154. The lowest BCUT2D eigenvalue weighted by Crippen LogP contribution is -2.54. The molecular formula is C19H28N4O6. The standard InChI is InChI=1S/C19H28N4O6/c1-12-4-2-3-7-19(12)17(27)23(18(28)21-19)10-15(25)29-11-14(24)22-8-5-13(6-9-22)16(20)26/h12-13H,2-11H2,1H3,(H2,20,26)(H,21,28)/t12-,19+/m0/s1. The number of primary amides is 1. The maximum absolute atomic E-state index is 12.8. The number of nitrogens with zero attached hydrogens (tertiary/aromatic N) is 2. The van der Waals surface area contributed by atoms with Gasteiger partial charge in [-0.1, -0.05) is 19.8 Å². The fourth-order valence-electron chi connectivity index (χ4n) is 4.46. The quantitative estimate of drug-likeness (QED) is 0.475. The van der Waals surface area contributed by atoms with E-state index in [2.05, 4.69) is 5.32 Å². The molecule has 2 saturated heterocycles. The van der Waals surface area contributed by atoms with Crippen LogP contribution in [0, 0.1) is 11.8 Å². The van der Waals surface area contributed by atoms with Crippen molar-refractivity contribution in [1.29, 1.82) is 0 Å². The van der Waals surface area contributed by atoms with Crippen LogP contribution in [-0.4, -0.2) is 71.3 Å². The Morgan fingerprint density at radius 3 is 2.48 bits per heavy atom. The summed E-state index contributed by atoms with van der Waals surface area (Å²) in [7, 11) is 0. The number of carbonyl (C=O) groups is 5. The van der Waals surface area contributed by atoms with Gasteiger partial charge in [0.15, 0.2) is 6.61 Å². The maximum atomic E-state index is 12.8. The molecule has 0 unspecified atom stereocenters. The molecule has 10 heteroatoms. The molecule has 0 radical (unpaired) electrons. The van der Waals surface area contributed by atoms with Crippen molar-refractivity contribution in [2.24, 2.45) is 17.6 Å². The molecule has 3 aliphatic rings. The van der Waals surface area contributed by atoms with E-state index in [1.807, 2.05) is 6.92 Å². The van der Waals surface area contributed by atoms with Gasteiger partial charge in [-0.3, -0.25) is 24.1 Å². The van der Waals surface area contributed by atoms with E-state index in [1.54, 1.807) is 0 Å². The molecule has 3 fully saturated rings. The number of urea groups is 1. The molecule has 160 valence electrons. The summed E-state index contributed by atoms with van der Waals surface area (Å²) in [4.78, 5) is 63.0. The largest absolute Gasteiger partial charge is 0.454 e. The number of hydrogen-bond acceptors (Lipinski definition) is 6. The van der Waals surface area contributed by atoms with Gasteiger partial charge in [0, 0.05) is 19.0 Å². The second-order valence-corrected chi connectivity index (χ2v) is 8.16. The lowest BCUT2D eigenvalue weighted by Gasteiger charge is -2.36. The van der Waals surface area contributed by atoms with Gasteiger partial charge in [-0.25, -0.2) is 4.79 Å². The molecule has 29 heavy (non-hydrogen) atoms. The fraction of sp³-hybridized carbons (Fsp3) is 0.737. The SMILES string of the molecule is C[C@H]1CCCC[C@@]12NC(=O)N(CC(=O)OCC(=O)N1CCC(C(N)=O)CC1)C2=O. The first-order valence-corrected chi connectivity index (χ1v) is 10.1. The van der Waals surface area contributed by atoms with Crippen molar-refractivity contribution in [1.82, 2.24) is 15.1 Å². The number of amides is 5. The fourth-order valence-corrected chi connectivity index (χ4v) is 4.46. The van der Waals surface area contributed by atoms with Crippen LogP contribution in [0.5, 0.6) is 0 Å². The van der Waals surface area contributed by atoms with Crippen molar-refractivity contribution in [2.75, 3.05) is 26.2 Å². The first-order chi connectivity index (χ1) is 13.7. The van der Waals surface area contributed by atoms with Crippen LogP contribution in [0.25, 0.3) is 0 Å². The second kappa shape index (κ2) is 8.38. The van der Waals surface area contributed by atoms with Gasteiger partial charge in [-0.05, 0) is 31.6 Å². The number of ether oxygens (including phenoxy) is 1. The van der Waals surface area contributed by atoms with E-state index < -0.39 is 36.6 Å². The van der Waals surface area contributed by atoms with Gasteiger partial charge in [-0.15, -0.1) is 0 Å². The van der Waals surface area contributed by atoms with Gasteiger partial charge in [-0.2, -0.15) is 0 Å². The van der Waals surface area contributed by atoms with Crippen molar-refractivity contribution in [3.63, 3.8) is 0 Å². The van der Waals surface area contributed by atoms with E-state index in [1.165, 1.54) is 4.90 Å². The molecule has 3 rings (SSSR count). The molecule has 0 aromatic carbocycles. The number of imide groups is 1. The molecular weight excluding hydrogens is 380 g/mol. The summed E-state index contributed by atoms with van der Waals surface area (Å²) < 4.78 is 5.00. The van der Waals surface area contributed by atoms with Crippen LogP contribution < -0.4 is 11.1 Å². The highest BCUT2D eigenvalue weighted by Crippen LogP contribution is 2.38. The summed E-state index contributed by atoms with van der Waals surface area (Å²) in [5, 5.41) is 2.77. The van der Waals surface area contributed by atoms with Crippen LogP contribution in [0.1, 0.15) is 45.4 Å². The lowest BCUT2D eigenvalue weighted by atomic mass is 9.73. The minimum atomic E-state index is -0.934. The van der Waals surface area contributed by atoms with E-state index in [9.17, 15) is 24.0 Å². The minimum absolute atomic E-state index is 0.00127. The number of rotatable bonds is 5. The molecule has 2 atom stereocenters. The zero-order valence-corrected chi connectivity index (χ0v) is 16.6. The predicted octanol–water partition coefficient (Wildman–Crippen LogP) is -0.246. The summed E-state index contributed by atoms with van der Waals surface area (Å²) in [5.41, 5.74) is 4.34. The minimum Gasteiger partial charge on any atom is -0.454 e. The van der Waals surface area contributed by atoms with E-state index in [0.717, 1.165) is 24.2 Å². The third-order valence-electron chi connectivity index (χ3n) is 6.40. The molecule has 2 heterocycles. The van der Waals surface area contributed by atoms with Crippen molar-refractivity contribution in [3.8, 4) is 0 Å². The Morgan fingerprint density at radius 1 is 1.17 bits per heavy atom. The average molecular weight is 408 g/mol. The summed E-state index contributed by atoms with van der Waals surface area (Å²) >= 11 is 0. The third-order valence-corrected chi connectivity index (χ3v) is 6.40. The van der Waals surface area contributed by atoms with Gasteiger partial charge in [0.2, 0.25) is 5.91 Å². The van der Waals surface area contributed by atoms with Gasteiger partial charge < -0.3 is 20.7 Å². The van der Waals surface area contributed by atoms with Crippen molar-refractivity contribution in [2.45, 2.75) is 51.0 Å². The number of nitrogens with two attached hydrogens (primary N) is 1. The first-order valence-electron chi connectivity index (χ1n) is 10.1. The topological polar surface area (TPSA) is 139 Å². The van der Waals surface area contributed by atoms with E-state index in [-0.39, 0.29) is 23.7 Å². The molecule has 5 amide bonds. The summed E-state index contributed by atoms with van der Waals surface area (Å²) in [6.07, 6.45) is 4.22. The molecule has 0 aromatic rings. The molecule has 3 N–H and O–H groups in total. The zero-order valence-electron chi connectivity index (χ0n) is 16.6. The molecule has 1 spiro atoms.